The van der Waals surface area contributed by atoms with Gasteiger partial charge in [0.15, 0.2) is 17.0 Å². The molecule has 0 saturated heterocycles. The molecule has 1 aliphatic rings. The fourth-order valence-electron chi connectivity index (χ4n) is 3.76. The topological polar surface area (TPSA) is 75.9 Å². The van der Waals surface area contributed by atoms with Gasteiger partial charge in [-0.1, -0.05) is 29.8 Å². The van der Waals surface area contributed by atoms with Gasteiger partial charge in [-0.05, 0) is 49.3 Å². The maximum atomic E-state index is 9.40. The number of aromatic nitrogens is 4. The predicted octanol–water partition coefficient (Wildman–Crippen LogP) is 3.73. The number of hydrogen-bond donors (Lipinski definition) is 2. The summed E-state index contributed by atoms with van der Waals surface area (Å²) in [5, 5.41) is 13.0. The SMILES string of the molecule is Cc1cccc(CNc2nc(Cl)nc3c2ncn3C2CCC(CO)C2)c1. The van der Waals surface area contributed by atoms with Crippen LogP contribution in [0.1, 0.15) is 36.4 Å². The number of nitrogens with zero attached hydrogens (tertiary/aromatic N) is 4. The zero-order chi connectivity index (χ0) is 18.1. The maximum Gasteiger partial charge on any atom is 0.226 e. The van der Waals surface area contributed by atoms with Crippen LogP contribution >= 0.6 is 11.6 Å². The van der Waals surface area contributed by atoms with Gasteiger partial charge in [0.2, 0.25) is 5.28 Å². The molecule has 2 unspecified atom stereocenters. The minimum atomic E-state index is 0.211. The minimum absolute atomic E-state index is 0.211. The number of hydrogen-bond acceptors (Lipinski definition) is 5. The van der Waals surface area contributed by atoms with Crippen LogP contribution in [-0.2, 0) is 6.54 Å². The largest absolute Gasteiger partial charge is 0.396 e. The lowest BCUT2D eigenvalue weighted by Gasteiger charge is -2.13. The van der Waals surface area contributed by atoms with Gasteiger partial charge < -0.3 is 15.0 Å². The van der Waals surface area contributed by atoms with E-state index < -0.39 is 0 Å². The third-order valence-electron chi connectivity index (χ3n) is 5.10. The summed E-state index contributed by atoms with van der Waals surface area (Å²) in [4.78, 5) is 13.3. The molecule has 1 aliphatic carbocycles. The molecule has 2 aromatic heterocycles. The number of aryl methyl sites for hydroxylation is 1. The van der Waals surface area contributed by atoms with E-state index in [1.807, 2.05) is 12.4 Å². The third kappa shape index (κ3) is 3.39. The van der Waals surface area contributed by atoms with Gasteiger partial charge >= 0.3 is 0 Å². The Bertz CT molecular complexity index is 925. The molecule has 2 N–H and O–H groups in total. The standard InChI is InChI=1S/C19H22ClN5O/c1-12-3-2-4-13(7-12)9-21-17-16-18(24-19(20)23-17)25(11-22-16)15-6-5-14(8-15)10-26/h2-4,7,11,14-15,26H,5-6,8-10H2,1H3,(H,21,23,24). The second kappa shape index (κ2) is 7.21. The van der Waals surface area contributed by atoms with Crippen LogP contribution in [0.5, 0.6) is 0 Å². The van der Waals surface area contributed by atoms with Crippen LogP contribution in [0.25, 0.3) is 11.2 Å². The Hall–Kier alpha value is -2.18. The summed E-state index contributed by atoms with van der Waals surface area (Å²) in [6.45, 7) is 2.96. The summed E-state index contributed by atoms with van der Waals surface area (Å²) in [6, 6.07) is 8.63. The normalized spacial score (nSPS) is 20.0. The summed E-state index contributed by atoms with van der Waals surface area (Å²) in [7, 11) is 0. The summed E-state index contributed by atoms with van der Waals surface area (Å²) in [5.41, 5.74) is 3.88. The zero-order valence-electron chi connectivity index (χ0n) is 14.7. The highest BCUT2D eigenvalue weighted by Gasteiger charge is 2.27. The number of fused-ring (bicyclic) bond motifs is 1. The van der Waals surface area contributed by atoms with Crippen molar-refractivity contribution < 1.29 is 5.11 Å². The van der Waals surface area contributed by atoms with Gasteiger partial charge in [0.25, 0.3) is 0 Å². The van der Waals surface area contributed by atoms with Crippen molar-refractivity contribution in [3.8, 4) is 0 Å². The van der Waals surface area contributed by atoms with Crippen LogP contribution in [0.2, 0.25) is 5.28 Å². The lowest BCUT2D eigenvalue weighted by Crippen LogP contribution is -2.08. The molecule has 7 heteroatoms. The number of nitrogens with one attached hydrogen (secondary N) is 1. The Morgan fingerprint density at radius 2 is 2.19 bits per heavy atom. The van der Waals surface area contributed by atoms with E-state index in [9.17, 15) is 5.11 Å². The van der Waals surface area contributed by atoms with Gasteiger partial charge in [0.1, 0.15) is 0 Å². The first-order chi connectivity index (χ1) is 12.6. The smallest absolute Gasteiger partial charge is 0.226 e. The summed E-state index contributed by atoms with van der Waals surface area (Å²) in [5.74, 6) is 1.01. The first-order valence-electron chi connectivity index (χ1n) is 8.94. The number of halogens is 1. The Kier molecular flexibility index (Phi) is 4.78. The Labute approximate surface area is 157 Å². The van der Waals surface area contributed by atoms with Crippen molar-refractivity contribution in [2.24, 2.45) is 5.92 Å². The van der Waals surface area contributed by atoms with E-state index in [4.69, 9.17) is 11.6 Å². The molecule has 0 bridgehead atoms. The molecule has 0 radical (unpaired) electrons. The number of aliphatic hydroxyl groups is 1. The van der Waals surface area contributed by atoms with E-state index in [2.05, 4.69) is 50.0 Å². The summed E-state index contributed by atoms with van der Waals surface area (Å²) < 4.78 is 2.08. The fourth-order valence-corrected chi connectivity index (χ4v) is 3.92. The highest BCUT2D eigenvalue weighted by molar-refractivity contribution is 6.28. The van der Waals surface area contributed by atoms with Gasteiger partial charge in [-0.25, -0.2) is 4.98 Å². The van der Waals surface area contributed by atoms with Gasteiger partial charge in [-0.3, -0.25) is 0 Å². The number of rotatable bonds is 5. The van der Waals surface area contributed by atoms with Gasteiger partial charge in [-0.15, -0.1) is 0 Å². The third-order valence-corrected chi connectivity index (χ3v) is 5.27. The van der Waals surface area contributed by atoms with Crippen LogP contribution in [0.3, 0.4) is 0 Å². The van der Waals surface area contributed by atoms with Crippen molar-refractivity contribution in [3.05, 3.63) is 47.0 Å². The molecule has 2 atom stereocenters. The van der Waals surface area contributed by atoms with Crippen molar-refractivity contribution in [2.45, 2.75) is 38.8 Å². The Morgan fingerprint density at radius 1 is 1.31 bits per heavy atom. The van der Waals surface area contributed by atoms with E-state index in [-0.39, 0.29) is 11.9 Å². The van der Waals surface area contributed by atoms with Crippen LogP contribution < -0.4 is 5.32 Å². The number of anilines is 1. The van der Waals surface area contributed by atoms with Gasteiger partial charge in [0.05, 0.1) is 6.33 Å². The van der Waals surface area contributed by atoms with Crippen LogP contribution in [-0.4, -0.2) is 31.2 Å². The zero-order valence-corrected chi connectivity index (χ0v) is 15.4. The average molecular weight is 372 g/mol. The molecular formula is C19H22ClN5O. The molecule has 0 aliphatic heterocycles. The summed E-state index contributed by atoms with van der Waals surface area (Å²) >= 11 is 6.18. The second-order valence-electron chi connectivity index (χ2n) is 7.02. The Balaban J connectivity index is 1.62. The number of imidazole rings is 1. The maximum absolute atomic E-state index is 9.40. The average Bonchev–Trinajstić information content (AvgIpc) is 3.26. The van der Waals surface area contributed by atoms with Crippen molar-refractivity contribution >= 4 is 28.6 Å². The van der Waals surface area contributed by atoms with Crippen molar-refractivity contribution in [1.82, 2.24) is 19.5 Å². The number of aliphatic hydroxyl groups excluding tert-OH is 1. The monoisotopic (exact) mass is 371 g/mol. The molecule has 4 rings (SSSR count). The van der Waals surface area contributed by atoms with Crippen LogP contribution in [0.15, 0.2) is 30.6 Å². The first kappa shape index (κ1) is 17.2. The van der Waals surface area contributed by atoms with Gasteiger partial charge in [0, 0.05) is 19.2 Å². The van der Waals surface area contributed by atoms with E-state index in [0.717, 1.165) is 30.4 Å². The molecule has 1 saturated carbocycles. The van der Waals surface area contributed by atoms with Crippen LogP contribution in [0.4, 0.5) is 5.82 Å². The lowest BCUT2D eigenvalue weighted by molar-refractivity contribution is 0.226. The molecule has 136 valence electrons. The first-order valence-corrected chi connectivity index (χ1v) is 9.32. The van der Waals surface area contributed by atoms with E-state index in [1.54, 1.807) is 0 Å². The minimum Gasteiger partial charge on any atom is -0.396 e. The van der Waals surface area contributed by atoms with E-state index in [1.165, 1.54) is 11.1 Å². The van der Waals surface area contributed by atoms with Crippen molar-refractivity contribution in [2.75, 3.05) is 11.9 Å². The van der Waals surface area contributed by atoms with Crippen molar-refractivity contribution in [1.29, 1.82) is 0 Å². The molecule has 2 heterocycles. The van der Waals surface area contributed by atoms with Crippen LogP contribution in [0, 0.1) is 12.8 Å². The molecule has 0 spiro atoms. The van der Waals surface area contributed by atoms with E-state index in [0.29, 0.717) is 24.3 Å². The highest BCUT2D eigenvalue weighted by atomic mass is 35.5. The van der Waals surface area contributed by atoms with Gasteiger partial charge in [-0.2, -0.15) is 9.97 Å². The lowest BCUT2D eigenvalue weighted by atomic mass is 10.1. The highest BCUT2D eigenvalue weighted by Crippen LogP contribution is 2.36. The van der Waals surface area contributed by atoms with Crippen molar-refractivity contribution in [3.63, 3.8) is 0 Å². The molecular weight excluding hydrogens is 350 g/mol. The molecule has 1 aromatic carbocycles. The van der Waals surface area contributed by atoms with E-state index >= 15 is 0 Å². The molecule has 1 fully saturated rings. The second-order valence-corrected chi connectivity index (χ2v) is 7.36. The molecule has 26 heavy (non-hydrogen) atoms. The molecule has 6 nitrogen and oxygen atoms in total. The Morgan fingerprint density at radius 3 is 2.96 bits per heavy atom. The predicted molar refractivity (Wildman–Crippen MR) is 102 cm³/mol. The quantitative estimate of drug-likeness (QED) is 0.668. The summed E-state index contributed by atoms with van der Waals surface area (Å²) in [6.07, 6.45) is 4.80. The molecule has 0 amide bonds. The molecule has 3 aromatic rings. The fraction of sp³-hybridized carbons (Fsp3) is 0.421. The number of benzene rings is 1.